The van der Waals surface area contributed by atoms with Crippen molar-refractivity contribution in [1.29, 1.82) is 0 Å². The van der Waals surface area contributed by atoms with Gasteiger partial charge in [0, 0.05) is 19.5 Å². The molecule has 2 aliphatic rings. The molecule has 0 fully saturated rings. The first-order chi connectivity index (χ1) is 18.7. The molecule has 38 heavy (non-hydrogen) atoms. The normalized spacial score (nSPS) is 17.4. The van der Waals surface area contributed by atoms with Gasteiger partial charge in [0.15, 0.2) is 0 Å². The lowest BCUT2D eigenvalue weighted by atomic mass is 9.72. The summed E-state index contributed by atoms with van der Waals surface area (Å²) in [6.07, 6.45) is 7.76. The fourth-order valence-corrected chi connectivity index (χ4v) is 5.67. The van der Waals surface area contributed by atoms with E-state index in [1.165, 1.54) is 27.8 Å². The third-order valence-electron chi connectivity index (χ3n) is 8.09. The van der Waals surface area contributed by atoms with Crippen LogP contribution in [0.25, 0.3) is 11.1 Å². The number of fused-ring (bicyclic) bond motifs is 1. The highest BCUT2D eigenvalue weighted by Crippen LogP contribution is 2.47. The molecule has 0 aromatic heterocycles. The second-order valence-electron chi connectivity index (χ2n) is 10.2. The molecule has 0 spiro atoms. The number of allylic oxidation sites excluding steroid dienone is 6. The Morgan fingerprint density at radius 1 is 0.711 bits per heavy atom. The van der Waals surface area contributed by atoms with Crippen LogP contribution in [0.15, 0.2) is 78.1 Å². The zero-order valence-corrected chi connectivity index (χ0v) is 23.9. The molecule has 4 rings (SSSR count). The van der Waals surface area contributed by atoms with Gasteiger partial charge in [0.2, 0.25) is 0 Å². The Morgan fingerprint density at radius 2 is 1.34 bits per heavy atom. The quantitative estimate of drug-likeness (QED) is 0.264. The first-order valence-electron chi connectivity index (χ1n) is 14.7. The Bertz CT molecular complexity index is 1090. The summed E-state index contributed by atoms with van der Waals surface area (Å²) in [6, 6.07) is 19.7. The second kappa shape index (κ2) is 14.4. The predicted octanol–water partition coefficient (Wildman–Crippen LogP) is 7.30. The molecule has 0 amide bonds. The van der Waals surface area contributed by atoms with Gasteiger partial charge in [-0.25, -0.2) is 0 Å². The number of nitrogens with zero attached hydrogens (tertiary/aromatic N) is 2. The predicted molar refractivity (Wildman–Crippen MR) is 160 cm³/mol. The standard InChI is InChI=1S/C34H46N2O2/c1-5-35(6-2)22-24-37-30-17-14-28(15-18-30)34-32(27-12-10-9-11-13-27)20-16-29-26-31(19-21-33(29)34)38-25-23-36(7-3)8-4/h9-15,17-19,21,29H,5-8,16,20,22-26H2,1-4H3. The summed E-state index contributed by atoms with van der Waals surface area (Å²) in [5.41, 5.74) is 6.88. The molecular formula is C34H46N2O2. The lowest BCUT2D eigenvalue weighted by molar-refractivity contribution is 0.152. The second-order valence-corrected chi connectivity index (χ2v) is 10.2. The van der Waals surface area contributed by atoms with Crippen LogP contribution < -0.4 is 4.74 Å². The number of likely N-dealkylation sites (N-methyl/N-ethyl adjacent to an activating group) is 2. The SMILES string of the molecule is CCN(CC)CCOC1=CC=C2C(c3ccc(OCCN(CC)CC)cc3)=C(c3ccccc3)CCC2C1. The number of hydrogen-bond donors (Lipinski definition) is 0. The van der Waals surface area contributed by atoms with Crippen molar-refractivity contribution in [3.63, 3.8) is 0 Å². The molecule has 0 N–H and O–H groups in total. The van der Waals surface area contributed by atoms with E-state index in [-0.39, 0.29) is 0 Å². The van der Waals surface area contributed by atoms with Crippen LogP contribution in [0.1, 0.15) is 58.1 Å². The minimum absolute atomic E-state index is 0.496. The highest BCUT2D eigenvalue weighted by molar-refractivity contribution is 6.00. The van der Waals surface area contributed by atoms with E-state index in [0.717, 1.165) is 76.6 Å². The molecule has 0 saturated carbocycles. The van der Waals surface area contributed by atoms with Crippen LogP contribution in [0, 0.1) is 5.92 Å². The third-order valence-corrected chi connectivity index (χ3v) is 8.09. The van der Waals surface area contributed by atoms with E-state index in [0.29, 0.717) is 12.5 Å². The Labute approximate surface area is 230 Å². The molecule has 0 aliphatic heterocycles. The van der Waals surface area contributed by atoms with Crippen molar-refractivity contribution in [2.75, 3.05) is 52.5 Å². The van der Waals surface area contributed by atoms with Crippen LogP contribution in [0.3, 0.4) is 0 Å². The van der Waals surface area contributed by atoms with Crippen LogP contribution in [0.5, 0.6) is 5.75 Å². The highest BCUT2D eigenvalue weighted by atomic mass is 16.5. The number of ether oxygens (including phenoxy) is 2. The van der Waals surface area contributed by atoms with E-state index >= 15 is 0 Å². The average molecular weight is 515 g/mol. The monoisotopic (exact) mass is 514 g/mol. The molecular weight excluding hydrogens is 468 g/mol. The molecule has 1 atom stereocenters. The topological polar surface area (TPSA) is 24.9 Å². The maximum absolute atomic E-state index is 6.24. The van der Waals surface area contributed by atoms with Gasteiger partial charge in [0.25, 0.3) is 0 Å². The Balaban J connectivity index is 1.56. The highest BCUT2D eigenvalue weighted by Gasteiger charge is 2.30. The molecule has 0 saturated heterocycles. The minimum atomic E-state index is 0.496. The Hall–Kier alpha value is -2.82. The summed E-state index contributed by atoms with van der Waals surface area (Å²) in [5.74, 6) is 2.57. The summed E-state index contributed by atoms with van der Waals surface area (Å²) in [5, 5.41) is 0. The smallest absolute Gasteiger partial charge is 0.119 e. The van der Waals surface area contributed by atoms with Crippen LogP contribution in [-0.2, 0) is 4.74 Å². The molecule has 0 bridgehead atoms. The van der Waals surface area contributed by atoms with Crippen molar-refractivity contribution >= 4 is 11.1 Å². The van der Waals surface area contributed by atoms with E-state index in [1.807, 2.05) is 0 Å². The first-order valence-corrected chi connectivity index (χ1v) is 14.7. The van der Waals surface area contributed by atoms with Crippen molar-refractivity contribution in [2.24, 2.45) is 5.92 Å². The van der Waals surface area contributed by atoms with Gasteiger partial charge in [-0.2, -0.15) is 0 Å². The largest absolute Gasteiger partial charge is 0.497 e. The molecule has 1 unspecified atom stereocenters. The molecule has 4 nitrogen and oxygen atoms in total. The van der Waals surface area contributed by atoms with E-state index in [2.05, 4.69) is 104 Å². The van der Waals surface area contributed by atoms with Gasteiger partial charge in [-0.3, -0.25) is 0 Å². The maximum atomic E-state index is 6.24. The fourth-order valence-electron chi connectivity index (χ4n) is 5.67. The van der Waals surface area contributed by atoms with Crippen LogP contribution >= 0.6 is 0 Å². The van der Waals surface area contributed by atoms with Gasteiger partial charge < -0.3 is 19.3 Å². The molecule has 2 aromatic carbocycles. The summed E-state index contributed by atoms with van der Waals surface area (Å²) >= 11 is 0. The van der Waals surface area contributed by atoms with Crippen molar-refractivity contribution < 1.29 is 9.47 Å². The van der Waals surface area contributed by atoms with Gasteiger partial charge in [0.1, 0.15) is 19.0 Å². The van der Waals surface area contributed by atoms with Crippen LogP contribution in [0.4, 0.5) is 0 Å². The van der Waals surface area contributed by atoms with E-state index in [4.69, 9.17) is 9.47 Å². The lowest BCUT2D eigenvalue weighted by Crippen LogP contribution is -2.27. The molecule has 2 aromatic rings. The van der Waals surface area contributed by atoms with Crippen LogP contribution in [-0.4, -0.2) is 62.3 Å². The van der Waals surface area contributed by atoms with Gasteiger partial charge in [-0.1, -0.05) is 76.2 Å². The van der Waals surface area contributed by atoms with Gasteiger partial charge in [-0.15, -0.1) is 0 Å². The third kappa shape index (κ3) is 7.18. The van der Waals surface area contributed by atoms with Gasteiger partial charge in [-0.05, 0) is 91.0 Å². The molecule has 0 radical (unpaired) electrons. The average Bonchev–Trinajstić information content (AvgIpc) is 2.98. The first kappa shape index (κ1) is 28.2. The fraction of sp³-hybridized carbons (Fsp3) is 0.471. The molecule has 2 aliphatic carbocycles. The summed E-state index contributed by atoms with van der Waals surface area (Å²) < 4.78 is 12.3. The van der Waals surface area contributed by atoms with Crippen molar-refractivity contribution in [3.8, 4) is 5.75 Å². The summed E-state index contributed by atoms with van der Waals surface area (Å²) in [7, 11) is 0. The number of hydrogen-bond acceptors (Lipinski definition) is 4. The Morgan fingerprint density at radius 3 is 1.97 bits per heavy atom. The minimum Gasteiger partial charge on any atom is -0.497 e. The Kier molecular flexibility index (Phi) is 10.7. The number of benzene rings is 2. The van der Waals surface area contributed by atoms with E-state index in [1.54, 1.807) is 0 Å². The molecule has 0 heterocycles. The van der Waals surface area contributed by atoms with E-state index < -0.39 is 0 Å². The van der Waals surface area contributed by atoms with Crippen molar-refractivity contribution in [1.82, 2.24) is 9.80 Å². The van der Waals surface area contributed by atoms with Gasteiger partial charge in [0.05, 0.1) is 5.76 Å². The molecule has 4 heteroatoms. The van der Waals surface area contributed by atoms with Crippen molar-refractivity contribution in [3.05, 3.63) is 89.2 Å². The zero-order valence-electron chi connectivity index (χ0n) is 23.9. The molecule has 204 valence electrons. The maximum Gasteiger partial charge on any atom is 0.119 e. The van der Waals surface area contributed by atoms with Gasteiger partial charge >= 0.3 is 0 Å². The van der Waals surface area contributed by atoms with Crippen molar-refractivity contribution in [2.45, 2.75) is 47.0 Å². The van der Waals surface area contributed by atoms with E-state index in [9.17, 15) is 0 Å². The van der Waals surface area contributed by atoms with Crippen LogP contribution in [0.2, 0.25) is 0 Å². The summed E-state index contributed by atoms with van der Waals surface area (Å²) in [4.78, 5) is 4.80. The summed E-state index contributed by atoms with van der Waals surface area (Å²) in [6.45, 7) is 16.5. The lowest BCUT2D eigenvalue weighted by Gasteiger charge is -2.34. The zero-order chi connectivity index (χ0) is 26.7. The number of rotatable bonds is 14.